The summed E-state index contributed by atoms with van der Waals surface area (Å²) >= 11 is 0. The lowest BCUT2D eigenvalue weighted by Gasteiger charge is -2.37. The highest BCUT2D eigenvalue weighted by atomic mass is 16.5. The molecule has 0 radical (unpaired) electrons. The molecule has 0 saturated carbocycles. The van der Waals surface area contributed by atoms with Gasteiger partial charge in [0.15, 0.2) is 0 Å². The number of amidine groups is 1. The van der Waals surface area contributed by atoms with E-state index in [1.165, 1.54) is 5.56 Å². The Labute approximate surface area is 115 Å². The van der Waals surface area contributed by atoms with Crippen LogP contribution in [0.25, 0.3) is 0 Å². The highest BCUT2D eigenvalue weighted by Crippen LogP contribution is 2.35. The van der Waals surface area contributed by atoms with Gasteiger partial charge in [0, 0.05) is 19.8 Å². The quantitative estimate of drug-likeness (QED) is 0.668. The Kier molecular flexibility index (Phi) is 4.59. The highest BCUT2D eigenvalue weighted by Gasteiger charge is 2.38. The van der Waals surface area contributed by atoms with E-state index in [1.54, 1.807) is 0 Å². The minimum Gasteiger partial charge on any atom is -0.387 e. The van der Waals surface area contributed by atoms with Crippen LogP contribution >= 0.6 is 0 Å². The maximum Gasteiger partial charge on any atom is 0.105 e. The van der Waals surface area contributed by atoms with Gasteiger partial charge in [-0.2, -0.15) is 0 Å². The van der Waals surface area contributed by atoms with E-state index in [0.717, 1.165) is 38.4 Å². The molecule has 1 fully saturated rings. The zero-order valence-electron chi connectivity index (χ0n) is 11.9. The minimum atomic E-state index is -0.131. The first-order valence-corrected chi connectivity index (χ1v) is 7.09. The van der Waals surface area contributed by atoms with Crippen molar-refractivity contribution in [3.8, 4) is 0 Å². The van der Waals surface area contributed by atoms with E-state index in [2.05, 4.69) is 43.1 Å². The van der Waals surface area contributed by atoms with Gasteiger partial charge in [0.25, 0.3) is 0 Å². The largest absolute Gasteiger partial charge is 0.387 e. The van der Waals surface area contributed by atoms with Gasteiger partial charge < -0.3 is 10.5 Å². The normalized spacial score (nSPS) is 19.6. The second kappa shape index (κ2) is 6.20. The first-order chi connectivity index (χ1) is 9.15. The Morgan fingerprint density at radius 2 is 1.89 bits per heavy atom. The van der Waals surface area contributed by atoms with Crippen molar-refractivity contribution in [2.24, 2.45) is 16.6 Å². The van der Waals surface area contributed by atoms with Crippen LogP contribution in [0.2, 0.25) is 0 Å². The zero-order valence-corrected chi connectivity index (χ0v) is 11.9. The fraction of sp³-hybridized carbons (Fsp3) is 0.562. The zero-order chi connectivity index (χ0) is 13.7. The Balaban J connectivity index is 2.32. The third-order valence-electron chi connectivity index (χ3n) is 3.79. The van der Waals surface area contributed by atoms with E-state index >= 15 is 0 Å². The number of benzene rings is 1. The molecule has 0 amide bonds. The molecule has 3 heteroatoms. The highest BCUT2D eigenvalue weighted by molar-refractivity contribution is 5.92. The van der Waals surface area contributed by atoms with Crippen molar-refractivity contribution in [1.82, 2.24) is 0 Å². The van der Waals surface area contributed by atoms with Crippen LogP contribution in [0.5, 0.6) is 0 Å². The monoisotopic (exact) mass is 260 g/mol. The van der Waals surface area contributed by atoms with Crippen molar-refractivity contribution in [1.29, 1.82) is 0 Å². The predicted molar refractivity (Wildman–Crippen MR) is 79.5 cm³/mol. The number of rotatable bonds is 4. The number of aliphatic imine (C=N–C) groups is 1. The summed E-state index contributed by atoms with van der Waals surface area (Å²) in [5.74, 6) is 1.31. The lowest BCUT2D eigenvalue weighted by atomic mass is 9.73. The summed E-state index contributed by atoms with van der Waals surface area (Å²) in [7, 11) is 0. The molecule has 0 aromatic heterocycles. The molecular weight excluding hydrogens is 236 g/mol. The summed E-state index contributed by atoms with van der Waals surface area (Å²) in [4.78, 5) is 4.63. The second-order valence-corrected chi connectivity index (χ2v) is 5.68. The molecule has 3 nitrogen and oxygen atoms in total. The molecule has 1 aromatic carbocycles. The number of nitrogens with zero attached hydrogens (tertiary/aromatic N) is 1. The van der Waals surface area contributed by atoms with Crippen LogP contribution in [0.4, 0.5) is 0 Å². The fourth-order valence-corrected chi connectivity index (χ4v) is 2.60. The van der Waals surface area contributed by atoms with Crippen LogP contribution in [0, 0.1) is 5.92 Å². The summed E-state index contributed by atoms with van der Waals surface area (Å²) in [6.45, 7) is 6.63. The van der Waals surface area contributed by atoms with Gasteiger partial charge in [0.1, 0.15) is 5.84 Å². The molecule has 19 heavy (non-hydrogen) atoms. The molecule has 1 aliphatic heterocycles. The fourth-order valence-electron chi connectivity index (χ4n) is 2.60. The van der Waals surface area contributed by atoms with Crippen LogP contribution in [0.1, 0.15) is 32.3 Å². The molecule has 104 valence electrons. The van der Waals surface area contributed by atoms with Gasteiger partial charge in [-0.15, -0.1) is 0 Å². The average molecular weight is 260 g/mol. The van der Waals surface area contributed by atoms with E-state index in [4.69, 9.17) is 10.5 Å². The molecule has 2 N–H and O–H groups in total. The minimum absolute atomic E-state index is 0.131. The summed E-state index contributed by atoms with van der Waals surface area (Å²) in [5, 5.41) is 0. The van der Waals surface area contributed by atoms with E-state index in [1.807, 2.05) is 6.07 Å². The number of hydrogen-bond acceptors (Lipinski definition) is 2. The van der Waals surface area contributed by atoms with Crippen molar-refractivity contribution in [2.75, 3.05) is 19.8 Å². The molecular formula is C16H24N2O. The maximum atomic E-state index is 6.36. The van der Waals surface area contributed by atoms with Gasteiger partial charge in [-0.25, -0.2) is 0 Å². The molecule has 1 aromatic rings. The summed E-state index contributed by atoms with van der Waals surface area (Å²) < 4.78 is 5.51. The molecule has 1 heterocycles. The van der Waals surface area contributed by atoms with E-state index < -0.39 is 0 Å². The SMILES string of the molecule is CC(C)CN=C(N)C1(c2ccccc2)CCOCC1. The number of nitrogens with two attached hydrogens (primary N) is 1. The number of hydrogen-bond donors (Lipinski definition) is 1. The summed E-state index contributed by atoms with van der Waals surface area (Å²) in [6, 6.07) is 10.5. The van der Waals surface area contributed by atoms with Crippen LogP contribution < -0.4 is 5.73 Å². The number of ether oxygens (including phenoxy) is 1. The van der Waals surface area contributed by atoms with E-state index in [-0.39, 0.29) is 5.41 Å². The predicted octanol–water partition coefficient (Wildman–Crippen LogP) is 2.75. The molecule has 0 unspecified atom stereocenters. The Morgan fingerprint density at radius 3 is 2.47 bits per heavy atom. The molecule has 0 bridgehead atoms. The van der Waals surface area contributed by atoms with E-state index in [9.17, 15) is 0 Å². The molecule has 1 saturated heterocycles. The van der Waals surface area contributed by atoms with Crippen LogP contribution in [-0.4, -0.2) is 25.6 Å². The Hall–Kier alpha value is -1.35. The molecule has 0 aliphatic carbocycles. The van der Waals surface area contributed by atoms with Gasteiger partial charge in [-0.05, 0) is 24.3 Å². The van der Waals surface area contributed by atoms with Gasteiger partial charge >= 0.3 is 0 Å². The first kappa shape index (κ1) is 14.1. The smallest absolute Gasteiger partial charge is 0.105 e. The molecule has 1 aliphatic rings. The van der Waals surface area contributed by atoms with Crippen molar-refractivity contribution < 1.29 is 4.74 Å². The van der Waals surface area contributed by atoms with Crippen LogP contribution in [-0.2, 0) is 10.2 Å². The van der Waals surface area contributed by atoms with Gasteiger partial charge in [-0.1, -0.05) is 44.2 Å². The standard InChI is InChI=1S/C16H24N2O/c1-13(2)12-18-15(17)16(8-10-19-11-9-16)14-6-4-3-5-7-14/h3-7,13H,8-12H2,1-2H3,(H2,17,18). The maximum absolute atomic E-state index is 6.36. The summed E-state index contributed by atoms with van der Waals surface area (Å²) in [5.41, 5.74) is 7.49. The third kappa shape index (κ3) is 3.16. The van der Waals surface area contributed by atoms with Crippen molar-refractivity contribution in [3.05, 3.63) is 35.9 Å². The van der Waals surface area contributed by atoms with Crippen molar-refractivity contribution in [2.45, 2.75) is 32.1 Å². The van der Waals surface area contributed by atoms with Crippen molar-refractivity contribution >= 4 is 5.84 Å². The van der Waals surface area contributed by atoms with Gasteiger partial charge in [-0.3, -0.25) is 4.99 Å². The molecule has 2 rings (SSSR count). The van der Waals surface area contributed by atoms with Crippen LogP contribution in [0.15, 0.2) is 35.3 Å². The Morgan fingerprint density at radius 1 is 1.26 bits per heavy atom. The topological polar surface area (TPSA) is 47.6 Å². The lowest BCUT2D eigenvalue weighted by Crippen LogP contribution is -2.46. The van der Waals surface area contributed by atoms with Crippen LogP contribution in [0.3, 0.4) is 0 Å². The third-order valence-corrected chi connectivity index (χ3v) is 3.79. The first-order valence-electron chi connectivity index (χ1n) is 7.09. The molecule has 0 atom stereocenters. The van der Waals surface area contributed by atoms with Gasteiger partial charge in [0.2, 0.25) is 0 Å². The second-order valence-electron chi connectivity index (χ2n) is 5.68. The lowest BCUT2D eigenvalue weighted by molar-refractivity contribution is 0.0704. The average Bonchev–Trinajstić information content (AvgIpc) is 2.46. The van der Waals surface area contributed by atoms with Crippen molar-refractivity contribution in [3.63, 3.8) is 0 Å². The Bertz CT molecular complexity index is 420. The van der Waals surface area contributed by atoms with Gasteiger partial charge in [0.05, 0.1) is 5.41 Å². The van der Waals surface area contributed by atoms with E-state index in [0.29, 0.717) is 5.92 Å². The molecule has 0 spiro atoms. The summed E-state index contributed by atoms with van der Waals surface area (Å²) in [6.07, 6.45) is 1.84.